The van der Waals surface area contributed by atoms with Crippen LogP contribution >= 0.6 is 27.7 Å². The van der Waals surface area contributed by atoms with Gasteiger partial charge in [0.25, 0.3) is 5.91 Å². The van der Waals surface area contributed by atoms with Gasteiger partial charge >= 0.3 is 0 Å². The zero-order valence-electron chi connectivity index (χ0n) is 11.6. The first-order valence-electron chi connectivity index (χ1n) is 6.74. The maximum Gasteiger partial charge on any atom is 0.268 e. The van der Waals surface area contributed by atoms with Crippen molar-refractivity contribution in [2.45, 2.75) is 50.4 Å². The third-order valence-electron chi connectivity index (χ3n) is 3.68. The molecular weight excluding hydrogens is 324 g/mol. The molecule has 1 aliphatic rings. The Bertz CT molecular complexity index is 458. The standard InChI is InChI=1S/C14H21BrN2OS/c1-9(2)17-8-10(15)7-12(17)14(18)16-11-5-4-6-13(11)19-3/h7-9,11,13H,4-6H2,1-3H3,(H,16,18). The summed E-state index contributed by atoms with van der Waals surface area (Å²) in [5, 5.41) is 3.77. The number of nitrogens with zero attached hydrogens (tertiary/aromatic N) is 1. The van der Waals surface area contributed by atoms with Crippen LogP contribution in [0.2, 0.25) is 0 Å². The average Bonchev–Trinajstić information content (AvgIpc) is 2.95. The molecule has 1 heterocycles. The molecule has 1 aromatic heterocycles. The van der Waals surface area contributed by atoms with Gasteiger partial charge in [-0.2, -0.15) is 11.8 Å². The molecule has 1 N–H and O–H groups in total. The summed E-state index contributed by atoms with van der Waals surface area (Å²) in [6, 6.07) is 2.50. The maximum atomic E-state index is 12.4. The van der Waals surface area contributed by atoms with Crippen LogP contribution in [-0.2, 0) is 0 Å². The van der Waals surface area contributed by atoms with Crippen LogP contribution in [0.1, 0.15) is 49.6 Å². The van der Waals surface area contributed by atoms with Crippen LogP contribution in [0.15, 0.2) is 16.7 Å². The second-order valence-electron chi connectivity index (χ2n) is 5.33. The summed E-state index contributed by atoms with van der Waals surface area (Å²) in [6.45, 7) is 4.17. The van der Waals surface area contributed by atoms with E-state index in [1.165, 1.54) is 12.8 Å². The van der Waals surface area contributed by atoms with Crippen LogP contribution in [0.3, 0.4) is 0 Å². The van der Waals surface area contributed by atoms with E-state index in [-0.39, 0.29) is 11.9 Å². The smallest absolute Gasteiger partial charge is 0.268 e. The molecule has 19 heavy (non-hydrogen) atoms. The number of hydrogen-bond acceptors (Lipinski definition) is 2. The van der Waals surface area contributed by atoms with Crippen molar-refractivity contribution in [1.29, 1.82) is 0 Å². The van der Waals surface area contributed by atoms with E-state index in [0.29, 0.717) is 11.3 Å². The minimum Gasteiger partial charge on any atom is -0.347 e. The maximum absolute atomic E-state index is 12.4. The molecule has 3 nitrogen and oxygen atoms in total. The second-order valence-corrected chi connectivity index (χ2v) is 7.32. The van der Waals surface area contributed by atoms with Crippen molar-refractivity contribution < 1.29 is 4.79 Å². The lowest BCUT2D eigenvalue weighted by Gasteiger charge is -2.20. The van der Waals surface area contributed by atoms with Crippen molar-refractivity contribution in [3.05, 3.63) is 22.4 Å². The fraction of sp³-hybridized carbons (Fsp3) is 0.643. The number of hydrogen-bond donors (Lipinski definition) is 1. The molecule has 2 atom stereocenters. The van der Waals surface area contributed by atoms with E-state index in [9.17, 15) is 4.79 Å². The number of carbonyl (C=O) groups excluding carboxylic acids is 1. The number of thioether (sulfide) groups is 1. The highest BCUT2D eigenvalue weighted by Crippen LogP contribution is 2.29. The Balaban J connectivity index is 2.11. The van der Waals surface area contributed by atoms with Gasteiger partial charge in [-0.25, -0.2) is 0 Å². The van der Waals surface area contributed by atoms with E-state index in [1.54, 1.807) is 0 Å². The van der Waals surface area contributed by atoms with Gasteiger partial charge < -0.3 is 9.88 Å². The van der Waals surface area contributed by atoms with E-state index >= 15 is 0 Å². The molecule has 0 saturated heterocycles. The molecule has 5 heteroatoms. The predicted octanol–water partition coefficient (Wildman–Crippen LogP) is 3.85. The highest BCUT2D eigenvalue weighted by Gasteiger charge is 2.28. The molecule has 1 aliphatic carbocycles. The van der Waals surface area contributed by atoms with Gasteiger partial charge in [-0.05, 0) is 54.9 Å². The lowest BCUT2D eigenvalue weighted by Crippen LogP contribution is -2.39. The van der Waals surface area contributed by atoms with E-state index in [0.717, 1.165) is 16.6 Å². The first kappa shape index (κ1) is 15.0. The van der Waals surface area contributed by atoms with Gasteiger partial charge in [0.2, 0.25) is 0 Å². The largest absolute Gasteiger partial charge is 0.347 e. The summed E-state index contributed by atoms with van der Waals surface area (Å²) >= 11 is 5.32. The number of aromatic nitrogens is 1. The molecule has 1 saturated carbocycles. The predicted molar refractivity (Wildman–Crippen MR) is 84.9 cm³/mol. The van der Waals surface area contributed by atoms with Crippen molar-refractivity contribution in [2.24, 2.45) is 0 Å². The van der Waals surface area contributed by atoms with Crippen LogP contribution < -0.4 is 5.32 Å². The fourth-order valence-corrected chi connectivity index (χ4v) is 4.04. The summed E-state index contributed by atoms with van der Waals surface area (Å²) in [4.78, 5) is 12.4. The highest BCUT2D eigenvalue weighted by atomic mass is 79.9. The zero-order chi connectivity index (χ0) is 14.0. The van der Waals surface area contributed by atoms with Gasteiger partial charge in [0.05, 0.1) is 0 Å². The minimum absolute atomic E-state index is 0.0466. The summed E-state index contributed by atoms with van der Waals surface area (Å²) in [6.07, 6.45) is 7.62. The van der Waals surface area contributed by atoms with Crippen LogP contribution in [0.5, 0.6) is 0 Å². The molecule has 2 unspecified atom stereocenters. The topological polar surface area (TPSA) is 34.0 Å². The Kier molecular flexibility index (Phi) is 5.01. The summed E-state index contributed by atoms with van der Waals surface area (Å²) in [5.74, 6) is 0.0466. The van der Waals surface area contributed by atoms with E-state index < -0.39 is 0 Å². The lowest BCUT2D eigenvalue weighted by molar-refractivity contribution is 0.0928. The first-order chi connectivity index (χ1) is 9.02. The number of amides is 1. The molecule has 1 fully saturated rings. The molecule has 0 aromatic carbocycles. The normalized spacial score (nSPS) is 23.0. The molecule has 106 valence electrons. The molecule has 0 radical (unpaired) electrons. The van der Waals surface area contributed by atoms with Crippen LogP contribution in [0, 0.1) is 0 Å². The second kappa shape index (κ2) is 6.35. The monoisotopic (exact) mass is 344 g/mol. The summed E-state index contributed by atoms with van der Waals surface area (Å²) in [7, 11) is 0. The Morgan fingerprint density at radius 3 is 2.89 bits per heavy atom. The molecule has 0 spiro atoms. The van der Waals surface area contributed by atoms with Gasteiger partial charge in [-0.1, -0.05) is 6.42 Å². The van der Waals surface area contributed by atoms with E-state index in [1.807, 2.05) is 28.6 Å². The number of carbonyl (C=O) groups is 1. The third-order valence-corrected chi connectivity index (χ3v) is 5.28. The Hall–Kier alpha value is -0.420. The molecule has 1 aromatic rings. The Morgan fingerprint density at radius 1 is 1.53 bits per heavy atom. The van der Waals surface area contributed by atoms with Crippen molar-refractivity contribution in [3.63, 3.8) is 0 Å². The number of nitrogens with one attached hydrogen (secondary N) is 1. The van der Waals surface area contributed by atoms with Crippen LogP contribution in [-0.4, -0.2) is 28.0 Å². The molecule has 0 aliphatic heterocycles. The van der Waals surface area contributed by atoms with Crippen molar-refractivity contribution >= 4 is 33.6 Å². The Morgan fingerprint density at radius 2 is 2.26 bits per heavy atom. The van der Waals surface area contributed by atoms with Gasteiger partial charge in [-0.15, -0.1) is 0 Å². The molecule has 2 rings (SSSR count). The van der Waals surface area contributed by atoms with Crippen molar-refractivity contribution in [3.8, 4) is 0 Å². The fourth-order valence-electron chi connectivity index (χ4n) is 2.67. The summed E-state index contributed by atoms with van der Waals surface area (Å²) < 4.78 is 2.97. The molecule has 1 amide bonds. The highest BCUT2D eigenvalue weighted by molar-refractivity contribution is 9.10. The zero-order valence-corrected chi connectivity index (χ0v) is 14.1. The van der Waals surface area contributed by atoms with Gasteiger partial charge in [0.1, 0.15) is 5.69 Å². The Labute approximate surface area is 127 Å². The van der Waals surface area contributed by atoms with Crippen molar-refractivity contribution in [2.75, 3.05) is 6.26 Å². The molecular formula is C14H21BrN2OS. The van der Waals surface area contributed by atoms with Crippen LogP contribution in [0.4, 0.5) is 0 Å². The van der Waals surface area contributed by atoms with Crippen LogP contribution in [0.25, 0.3) is 0 Å². The van der Waals surface area contributed by atoms with Gasteiger partial charge in [0.15, 0.2) is 0 Å². The third kappa shape index (κ3) is 3.37. The minimum atomic E-state index is 0.0466. The molecule has 0 bridgehead atoms. The quantitative estimate of drug-likeness (QED) is 0.900. The number of halogens is 1. The number of rotatable bonds is 4. The summed E-state index contributed by atoms with van der Waals surface area (Å²) in [5.41, 5.74) is 0.744. The lowest BCUT2D eigenvalue weighted by atomic mass is 10.2. The first-order valence-corrected chi connectivity index (χ1v) is 8.82. The van der Waals surface area contributed by atoms with Gasteiger partial charge in [-0.3, -0.25) is 4.79 Å². The van der Waals surface area contributed by atoms with E-state index in [4.69, 9.17) is 0 Å². The van der Waals surface area contributed by atoms with Crippen molar-refractivity contribution in [1.82, 2.24) is 9.88 Å². The van der Waals surface area contributed by atoms with Gasteiger partial charge in [0, 0.05) is 28.0 Å². The van der Waals surface area contributed by atoms with E-state index in [2.05, 4.69) is 41.3 Å². The average molecular weight is 345 g/mol. The SMILES string of the molecule is CSC1CCCC1NC(=O)c1cc(Br)cn1C(C)C.